The maximum absolute atomic E-state index is 12.5. The van der Waals surface area contributed by atoms with Gasteiger partial charge in [0.15, 0.2) is 17.2 Å². The Morgan fingerprint density at radius 1 is 1.16 bits per heavy atom. The lowest BCUT2D eigenvalue weighted by Crippen LogP contribution is -2.43. The molecule has 1 fully saturated rings. The first kappa shape index (κ1) is 23.5. The third-order valence-electron chi connectivity index (χ3n) is 4.82. The van der Waals surface area contributed by atoms with Crippen molar-refractivity contribution in [2.75, 3.05) is 25.0 Å². The largest absolute Gasteiger partial charge is 0.479 e. The zero-order valence-electron chi connectivity index (χ0n) is 16.5. The number of carbonyl (C=O) groups is 4. The number of carboxylic acid groups (broad SMARTS) is 3. The number of carbonyl (C=O) groups excluding carboxylic acids is 1. The molecule has 2 amide bonds. The molecule has 0 radical (unpaired) electrons. The molecule has 3 rings (SSSR count). The lowest BCUT2D eigenvalue weighted by atomic mass is 9.97. The fourth-order valence-corrected chi connectivity index (χ4v) is 5.20. The Balaban J connectivity index is 1.75. The molecule has 4 N–H and O–H groups in total. The molecule has 0 bridgehead atoms. The molecule has 12 heteroatoms. The second-order valence-corrected chi connectivity index (χ2v) is 8.84. The summed E-state index contributed by atoms with van der Waals surface area (Å²) in [5.74, 6) is -3.23. The highest BCUT2D eigenvalue weighted by Crippen LogP contribution is 2.45. The molecule has 1 aliphatic rings. The minimum atomic E-state index is -1.24. The highest BCUT2D eigenvalue weighted by Gasteiger charge is 2.28. The summed E-state index contributed by atoms with van der Waals surface area (Å²) >= 11 is 4.22. The second kappa shape index (κ2) is 10.0. The quantitative estimate of drug-likeness (QED) is 0.426. The number of ether oxygens (including phenoxy) is 1. The maximum Gasteiger partial charge on any atom is 0.407 e. The van der Waals surface area contributed by atoms with Crippen molar-refractivity contribution in [1.29, 1.82) is 0 Å². The van der Waals surface area contributed by atoms with Crippen molar-refractivity contribution in [3.8, 4) is 16.2 Å². The van der Waals surface area contributed by atoms with Gasteiger partial charge in [0, 0.05) is 18.8 Å². The van der Waals surface area contributed by atoms with E-state index in [1.807, 2.05) is 0 Å². The summed E-state index contributed by atoms with van der Waals surface area (Å²) in [6.45, 7) is -0.112. The number of hydrogen-bond donors (Lipinski definition) is 4. The van der Waals surface area contributed by atoms with Crippen LogP contribution < -0.4 is 10.1 Å². The van der Waals surface area contributed by atoms with Crippen molar-refractivity contribution in [2.45, 2.75) is 12.8 Å². The molecule has 0 aliphatic carbocycles. The van der Waals surface area contributed by atoms with Gasteiger partial charge in [0.2, 0.25) is 5.91 Å². The molecule has 32 heavy (non-hydrogen) atoms. The van der Waals surface area contributed by atoms with Gasteiger partial charge in [0.1, 0.15) is 0 Å². The Kier molecular flexibility index (Phi) is 7.36. The zero-order valence-corrected chi connectivity index (χ0v) is 18.9. The number of benzene rings is 1. The van der Waals surface area contributed by atoms with Crippen molar-refractivity contribution in [1.82, 2.24) is 4.90 Å². The summed E-state index contributed by atoms with van der Waals surface area (Å²) in [4.78, 5) is 47.6. The van der Waals surface area contributed by atoms with Gasteiger partial charge in [0.05, 0.1) is 15.3 Å². The number of carboxylic acids is 2. The number of nitrogens with one attached hydrogen (secondary N) is 1. The molecule has 2 heterocycles. The minimum absolute atomic E-state index is 0.0578. The smallest absolute Gasteiger partial charge is 0.407 e. The zero-order chi connectivity index (χ0) is 23.4. The van der Waals surface area contributed by atoms with Gasteiger partial charge < -0.3 is 30.3 Å². The molecule has 0 saturated carbocycles. The molecule has 1 aliphatic heterocycles. The van der Waals surface area contributed by atoms with Crippen molar-refractivity contribution < 1.29 is 39.2 Å². The van der Waals surface area contributed by atoms with Crippen LogP contribution in [0, 0.1) is 5.92 Å². The van der Waals surface area contributed by atoms with E-state index in [1.165, 1.54) is 4.90 Å². The Morgan fingerprint density at radius 2 is 1.84 bits per heavy atom. The normalized spacial score (nSPS) is 15.8. The van der Waals surface area contributed by atoms with E-state index in [1.54, 1.807) is 24.3 Å². The summed E-state index contributed by atoms with van der Waals surface area (Å²) in [6, 6.07) is 6.66. The fourth-order valence-electron chi connectivity index (χ4n) is 3.30. The van der Waals surface area contributed by atoms with Crippen molar-refractivity contribution >= 4 is 56.9 Å². The predicted octanol–water partition coefficient (Wildman–Crippen LogP) is 3.67. The monoisotopic (exact) mass is 526 g/mol. The highest BCUT2D eigenvalue weighted by atomic mass is 79.9. The van der Waals surface area contributed by atoms with Gasteiger partial charge in [-0.2, -0.15) is 0 Å². The molecule has 1 aromatic heterocycles. The topological polar surface area (TPSA) is 153 Å². The number of thiophene rings is 1. The van der Waals surface area contributed by atoms with E-state index in [2.05, 4.69) is 21.2 Å². The van der Waals surface area contributed by atoms with Crippen LogP contribution in [0.1, 0.15) is 22.5 Å². The van der Waals surface area contributed by atoms with E-state index < -0.39 is 30.6 Å². The van der Waals surface area contributed by atoms with E-state index in [0.717, 1.165) is 11.3 Å². The molecular weight excluding hydrogens is 508 g/mol. The summed E-state index contributed by atoms with van der Waals surface area (Å²) in [7, 11) is 0. The summed E-state index contributed by atoms with van der Waals surface area (Å²) < 4.78 is 5.47. The standard InChI is InChI=1S/C20H19BrN2O8S/c21-14-15(31-9-13(24)25)17(19(27)28)32-16(14)10-3-5-12(6-4-10)22-18(26)11-2-1-7-23(8-11)20(29)30/h3-6,11H,1-2,7-9H2,(H,22,26)(H,24,25)(H,27,28)(H,29,30). The molecular formula is C20H19BrN2O8S. The van der Waals surface area contributed by atoms with Gasteiger partial charge in [-0.25, -0.2) is 14.4 Å². The number of halogens is 1. The first-order valence-electron chi connectivity index (χ1n) is 9.46. The number of aromatic carboxylic acids is 1. The number of hydrogen-bond acceptors (Lipinski definition) is 6. The lowest BCUT2D eigenvalue weighted by molar-refractivity contribution is -0.139. The highest BCUT2D eigenvalue weighted by molar-refractivity contribution is 9.10. The summed E-state index contributed by atoms with van der Waals surface area (Å²) in [6.07, 6.45) is 0.182. The molecule has 2 aromatic rings. The summed E-state index contributed by atoms with van der Waals surface area (Å²) in [5.41, 5.74) is 1.15. The van der Waals surface area contributed by atoms with Crippen LogP contribution in [-0.2, 0) is 9.59 Å². The Hall–Kier alpha value is -3.12. The summed E-state index contributed by atoms with van der Waals surface area (Å²) in [5, 5.41) is 30.1. The van der Waals surface area contributed by atoms with Gasteiger partial charge in [-0.15, -0.1) is 11.3 Å². The third-order valence-corrected chi connectivity index (χ3v) is 7.05. The van der Waals surface area contributed by atoms with Gasteiger partial charge in [-0.3, -0.25) is 4.79 Å². The van der Waals surface area contributed by atoms with Gasteiger partial charge in [-0.05, 0) is 46.5 Å². The maximum atomic E-state index is 12.5. The number of likely N-dealkylation sites (tertiary alicyclic amines) is 1. The lowest BCUT2D eigenvalue weighted by Gasteiger charge is -2.29. The van der Waals surface area contributed by atoms with Crippen LogP contribution in [-0.4, -0.2) is 63.9 Å². The van der Waals surface area contributed by atoms with Crippen LogP contribution in [0.2, 0.25) is 0 Å². The molecule has 10 nitrogen and oxygen atoms in total. The van der Waals surface area contributed by atoms with E-state index >= 15 is 0 Å². The van der Waals surface area contributed by atoms with Gasteiger partial charge >= 0.3 is 18.0 Å². The number of piperidine rings is 1. The SMILES string of the molecule is O=C(O)COc1c(C(=O)O)sc(-c2ccc(NC(=O)C3CCCN(C(=O)O)C3)cc2)c1Br. The number of aliphatic carboxylic acids is 1. The molecule has 1 aromatic carbocycles. The molecule has 1 atom stereocenters. The van der Waals surface area contributed by atoms with E-state index in [4.69, 9.17) is 14.9 Å². The second-order valence-electron chi connectivity index (χ2n) is 7.03. The van der Waals surface area contributed by atoms with Crippen molar-refractivity contribution in [3.05, 3.63) is 33.6 Å². The number of nitrogens with zero attached hydrogens (tertiary/aromatic N) is 1. The Bertz CT molecular complexity index is 1050. The Morgan fingerprint density at radius 3 is 2.44 bits per heavy atom. The van der Waals surface area contributed by atoms with Crippen molar-refractivity contribution in [3.63, 3.8) is 0 Å². The number of rotatable bonds is 7. The van der Waals surface area contributed by atoms with E-state index in [-0.39, 0.29) is 23.1 Å². The van der Waals surface area contributed by atoms with Crippen LogP contribution >= 0.6 is 27.3 Å². The van der Waals surface area contributed by atoms with E-state index in [9.17, 15) is 24.3 Å². The molecule has 1 unspecified atom stereocenters. The Labute approximate surface area is 194 Å². The van der Waals surface area contributed by atoms with Gasteiger partial charge in [0.25, 0.3) is 0 Å². The van der Waals surface area contributed by atoms with Gasteiger partial charge in [-0.1, -0.05) is 12.1 Å². The van der Waals surface area contributed by atoms with Crippen LogP contribution in [0.15, 0.2) is 28.7 Å². The first-order valence-corrected chi connectivity index (χ1v) is 11.1. The predicted molar refractivity (Wildman–Crippen MR) is 118 cm³/mol. The van der Waals surface area contributed by atoms with Crippen molar-refractivity contribution in [2.24, 2.45) is 5.92 Å². The molecule has 1 saturated heterocycles. The van der Waals surface area contributed by atoms with Crippen LogP contribution in [0.4, 0.5) is 10.5 Å². The third kappa shape index (κ3) is 5.37. The number of anilines is 1. The first-order chi connectivity index (χ1) is 15.2. The van der Waals surface area contributed by atoms with Crippen LogP contribution in [0.5, 0.6) is 5.75 Å². The number of amides is 2. The minimum Gasteiger partial charge on any atom is -0.479 e. The average molecular weight is 527 g/mol. The average Bonchev–Trinajstić information content (AvgIpc) is 3.09. The van der Waals surface area contributed by atoms with E-state index in [0.29, 0.717) is 40.0 Å². The van der Waals surface area contributed by atoms with Crippen LogP contribution in [0.3, 0.4) is 0 Å². The fraction of sp³-hybridized carbons (Fsp3) is 0.300. The molecule has 0 spiro atoms. The van der Waals surface area contributed by atoms with Crippen LogP contribution in [0.25, 0.3) is 10.4 Å². The molecule has 170 valence electrons.